The normalized spacial score (nSPS) is 11.4. The van der Waals surface area contributed by atoms with Crippen LogP contribution in [0.25, 0.3) is 11.4 Å². The highest BCUT2D eigenvalue weighted by atomic mass is 35.7. The lowest BCUT2D eigenvalue weighted by Gasteiger charge is -2.03. The van der Waals surface area contributed by atoms with Crippen LogP contribution in [0.4, 0.5) is 0 Å². The van der Waals surface area contributed by atoms with E-state index in [1.165, 1.54) is 12.1 Å². The van der Waals surface area contributed by atoms with Gasteiger partial charge in [-0.05, 0) is 24.3 Å². The molecule has 4 nitrogen and oxygen atoms in total. The SMILES string of the molecule is O=S(=O)(Cl)c1cc(-c2ncccn2)ccc1Cl. The summed E-state index contributed by atoms with van der Waals surface area (Å²) < 4.78 is 22.6. The molecule has 0 aliphatic rings. The Morgan fingerprint density at radius 1 is 1.12 bits per heavy atom. The summed E-state index contributed by atoms with van der Waals surface area (Å²) in [6.07, 6.45) is 3.12. The van der Waals surface area contributed by atoms with Gasteiger partial charge in [0, 0.05) is 28.6 Å². The summed E-state index contributed by atoms with van der Waals surface area (Å²) in [7, 11) is 1.39. The van der Waals surface area contributed by atoms with Gasteiger partial charge in [0.25, 0.3) is 9.05 Å². The molecule has 1 heterocycles. The first kappa shape index (κ1) is 12.3. The van der Waals surface area contributed by atoms with Crippen LogP contribution < -0.4 is 0 Å². The third kappa shape index (κ3) is 2.74. The lowest BCUT2D eigenvalue weighted by atomic mass is 10.2. The Kier molecular flexibility index (Phi) is 3.33. The second kappa shape index (κ2) is 4.60. The Labute approximate surface area is 108 Å². The molecule has 1 aromatic carbocycles. The molecule has 2 rings (SSSR count). The molecule has 0 saturated heterocycles. The first-order valence-electron chi connectivity index (χ1n) is 4.50. The van der Waals surface area contributed by atoms with Gasteiger partial charge in [-0.2, -0.15) is 0 Å². The van der Waals surface area contributed by atoms with E-state index in [2.05, 4.69) is 9.97 Å². The van der Waals surface area contributed by atoms with Crippen molar-refractivity contribution in [1.82, 2.24) is 9.97 Å². The van der Waals surface area contributed by atoms with Crippen LogP contribution >= 0.6 is 22.3 Å². The topological polar surface area (TPSA) is 59.9 Å². The van der Waals surface area contributed by atoms with Gasteiger partial charge in [-0.15, -0.1) is 0 Å². The van der Waals surface area contributed by atoms with Crippen molar-refractivity contribution in [2.24, 2.45) is 0 Å². The summed E-state index contributed by atoms with van der Waals surface area (Å²) in [4.78, 5) is 7.87. The zero-order chi connectivity index (χ0) is 12.5. The molecule has 0 saturated carbocycles. The van der Waals surface area contributed by atoms with E-state index in [9.17, 15) is 8.42 Å². The van der Waals surface area contributed by atoms with Crippen LogP contribution in [-0.4, -0.2) is 18.4 Å². The van der Waals surface area contributed by atoms with Crippen molar-refractivity contribution in [1.29, 1.82) is 0 Å². The van der Waals surface area contributed by atoms with Crippen molar-refractivity contribution >= 4 is 31.3 Å². The first-order chi connectivity index (χ1) is 7.98. The van der Waals surface area contributed by atoms with E-state index in [1.807, 2.05) is 0 Å². The Balaban J connectivity index is 2.61. The fourth-order valence-corrected chi connectivity index (χ4v) is 2.77. The Morgan fingerprint density at radius 2 is 1.76 bits per heavy atom. The van der Waals surface area contributed by atoms with Gasteiger partial charge in [0.1, 0.15) is 4.90 Å². The van der Waals surface area contributed by atoms with Gasteiger partial charge in [0.05, 0.1) is 5.02 Å². The average molecular weight is 289 g/mol. The number of aromatic nitrogens is 2. The lowest BCUT2D eigenvalue weighted by Crippen LogP contribution is -1.94. The molecule has 0 radical (unpaired) electrons. The van der Waals surface area contributed by atoms with Crippen LogP contribution in [0.15, 0.2) is 41.6 Å². The van der Waals surface area contributed by atoms with Crippen LogP contribution in [0, 0.1) is 0 Å². The fourth-order valence-electron chi connectivity index (χ4n) is 1.28. The third-order valence-electron chi connectivity index (χ3n) is 2.02. The molecule has 0 unspecified atom stereocenters. The molecule has 0 amide bonds. The van der Waals surface area contributed by atoms with Crippen molar-refractivity contribution in [3.8, 4) is 11.4 Å². The molecule has 1 aromatic heterocycles. The van der Waals surface area contributed by atoms with Gasteiger partial charge < -0.3 is 0 Å². The summed E-state index contributed by atoms with van der Waals surface area (Å²) in [5.41, 5.74) is 0.536. The molecule has 0 bridgehead atoms. The average Bonchev–Trinajstić information content (AvgIpc) is 2.29. The van der Waals surface area contributed by atoms with Crippen molar-refractivity contribution in [3.05, 3.63) is 41.7 Å². The number of rotatable bonds is 2. The maximum absolute atomic E-state index is 11.3. The standard InChI is InChI=1S/C10H6Cl2N2O2S/c11-8-3-2-7(6-9(8)17(12,15)16)10-13-4-1-5-14-10/h1-6H. The van der Waals surface area contributed by atoms with Crippen LogP contribution in [0.2, 0.25) is 5.02 Å². The molecule has 0 spiro atoms. The second-order valence-electron chi connectivity index (χ2n) is 3.16. The minimum Gasteiger partial charge on any atom is -0.237 e. The maximum atomic E-state index is 11.3. The fraction of sp³-hybridized carbons (Fsp3) is 0. The number of benzene rings is 1. The van der Waals surface area contributed by atoms with Crippen molar-refractivity contribution in [2.75, 3.05) is 0 Å². The Hall–Kier alpha value is -1.17. The van der Waals surface area contributed by atoms with E-state index in [-0.39, 0.29) is 9.92 Å². The summed E-state index contributed by atoms with van der Waals surface area (Å²) in [5.74, 6) is 0.408. The van der Waals surface area contributed by atoms with E-state index < -0.39 is 9.05 Å². The Bertz CT molecular complexity index is 645. The molecule has 2 aromatic rings. The Morgan fingerprint density at radius 3 is 2.35 bits per heavy atom. The van der Waals surface area contributed by atoms with Crippen molar-refractivity contribution in [3.63, 3.8) is 0 Å². The minimum absolute atomic E-state index is 0.0691. The predicted molar refractivity (Wildman–Crippen MR) is 65.5 cm³/mol. The molecule has 0 atom stereocenters. The smallest absolute Gasteiger partial charge is 0.237 e. The summed E-state index contributed by atoms with van der Waals surface area (Å²) >= 11 is 5.76. The van der Waals surface area contributed by atoms with E-state index in [4.69, 9.17) is 22.3 Å². The quantitative estimate of drug-likeness (QED) is 0.797. The van der Waals surface area contributed by atoms with Gasteiger partial charge in [0.2, 0.25) is 0 Å². The number of hydrogen-bond acceptors (Lipinski definition) is 4. The largest absolute Gasteiger partial charge is 0.262 e. The van der Waals surface area contributed by atoms with E-state index >= 15 is 0 Å². The van der Waals surface area contributed by atoms with E-state index in [0.29, 0.717) is 11.4 Å². The van der Waals surface area contributed by atoms with Crippen molar-refractivity contribution in [2.45, 2.75) is 4.90 Å². The van der Waals surface area contributed by atoms with Crippen LogP contribution in [-0.2, 0) is 9.05 Å². The highest BCUT2D eigenvalue weighted by molar-refractivity contribution is 8.13. The summed E-state index contributed by atoms with van der Waals surface area (Å²) in [5, 5.41) is 0.0691. The lowest BCUT2D eigenvalue weighted by molar-refractivity contribution is 0.609. The number of nitrogens with zero attached hydrogens (tertiary/aromatic N) is 2. The highest BCUT2D eigenvalue weighted by Crippen LogP contribution is 2.28. The number of halogens is 2. The van der Waals surface area contributed by atoms with Crippen LogP contribution in [0.1, 0.15) is 0 Å². The van der Waals surface area contributed by atoms with Gasteiger partial charge in [-0.3, -0.25) is 0 Å². The maximum Gasteiger partial charge on any atom is 0.262 e. The molecule has 0 fully saturated rings. The molecular formula is C10H6Cl2N2O2S. The van der Waals surface area contributed by atoms with Gasteiger partial charge in [-0.1, -0.05) is 11.6 Å². The van der Waals surface area contributed by atoms with Crippen LogP contribution in [0.3, 0.4) is 0 Å². The number of hydrogen-bond donors (Lipinski definition) is 0. The van der Waals surface area contributed by atoms with Crippen molar-refractivity contribution < 1.29 is 8.42 Å². The zero-order valence-electron chi connectivity index (χ0n) is 8.34. The van der Waals surface area contributed by atoms with Gasteiger partial charge in [0.15, 0.2) is 5.82 Å². The molecule has 17 heavy (non-hydrogen) atoms. The molecule has 88 valence electrons. The molecule has 7 heteroatoms. The van der Waals surface area contributed by atoms with E-state index in [0.717, 1.165) is 0 Å². The molecule has 0 N–H and O–H groups in total. The molecule has 0 aliphatic heterocycles. The second-order valence-corrected chi connectivity index (χ2v) is 6.10. The minimum atomic E-state index is -3.88. The van der Waals surface area contributed by atoms with E-state index in [1.54, 1.807) is 24.5 Å². The monoisotopic (exact) mass is 288 g/mol. The zero-order valence-corrected chi connectivity index (χ0v) is 10.7. The third-order valence-corrected chi connectivity index (χ3v) is 3.82. The van der Waals surface area contributed by atoms with Gasteiger partial charge >= 0.3 is 0 Å². The molecular weight excluding hydrogens is 283 g/mol. The summed E-state index contributed by atoms with van der Waals surface area (Å²) in [6.45, 7) is 0. The van der Waals surface area contributed by atoms with Crippen LogP contribution in [0.5, 0.6) is 0 Å². The van der Waals surface area contributed by atoms with Gasteiger partial charge in [-0.25, -0.2) is 18.4 Å². The predicted octanol–water partition coefficient (Wildman–Crippen LogP) is 2.72. The first-order valence-corrected chi connectivity index (χ1v) is 7.19. The summed E-state index contributed by atoms with van der Waals surface area (Å²) in [6, 6.07) is 6.09. The highest BCUT2D eigenvalue weighted by Gasteiger charge is 2.16. The molecule has 0 aliphatic carbocycles.